The number of amides is 1. The van der Waals surface area contributed by atoms with Gasteiger partial charge in [-0.25, -0.2) is 10.2 Å². The zero-order valence-corrected chi connectivity index (χ0v) is 15.7. The van der Waals surface area contributed by atoms with Gasteiger partial charge < -0.3 is 19.7 Å². The highest BCUT2D eigenvalue weighted by Gasteiger charge is 2.11. The quantitative estimate of drug-likeness (QED) is 0.371. The van der Waals surface area contributed by atoms with Crippen molar-refractivity contribution in [3.8, 4) is 17.2 Å². The number of hydrogen-bond donors (Lipinski definition) is 3. The predicted molar refractivity (Wildman–Crippen MR) is 104 cm³/mol. The monoisotopic (exact) mass is 404 g/mol. The molecular formula is C19H17ClN2O6. The highest BCUT2D eigenvalue weighted by molar-refractivity contribution is 6.32. The molecule has 0 heterocycles. The van der Waals surface area contributed by atoms with E-state index in [-0.39, 0.29) is 16.3 Å². The third-order valence-electron chi connectivity index (χ3n) is 3.53. The number of carboxylic acid groups (broad SMARTS) is 1. The van der Waals surface area contributed by atoms with Crippen molar-refractivity contribution in [1.29, 1.82) is 0 Å². The van der Waals surface area contributed by atoms with Gasteiger partial charge in [-0.1, -0.05) is 11.6 Å². The average molecular weight is 405 g/mol. The van der Waals surface area contributed by atoms with Crippen molar-refractivity contribution in [2.24, 2.45) is 5.10 Å². The molecule has 2 rings (SSSR count). The lowest BCUT2D eigenvalue weighted by atomic mass is 10.1. The number of carbonyl (C=O) groups is 2. The van der Waals surface area contributed by atoms with Gasteiger partial charge in [-0.3, -0.25) is 4.79 Å². The Bertz CT molecular complexity index is 956. The molecule has 0 aliphatic rings. The molecule has 9 heteroatoms. The highest BCUT2D eigenvalue weighted by Crippen LogP contribution is 2.33. The van der Waals surface area contributed by atoms with Gasteiger partial charge in [-0.15, -0.1) is 0 Å². The van der Waals surface area contributed by atoms with Crippen LogP contribution in [0, 0.1) is 0 Å². The summed E-state index contributed by atoms with van der Waals surface area (Å²) < 4.78 is 10.5. The van der Waals surface area contributed by atoms with Crippen LogP contribution in [0.3, 0.4) is 0 Å². The second-order valence-corrected chi connectivity index (χ2v) is 5.79. The molecule has 0 atom stereocenters. The number of nitrogens with zero attached hydrogens (tertiary/aromatic N) is 1. The number of hydrogen-bond acceptors (Lipinski definition) is 6. The maximum atomic E-state index is 12.1. The molecule has 8 nitrogen and oxygen atoms in total. The van der Waals surface area contributed by atoms with Gasteiger partial charge in [0.2, 0.25) is 0 Å². The maximum absolute atomic E-state index is 12.1. The average Bonchev–Trinajstić information content (AvgIpc) is 2.67. The van der Waals surface area contributed by atoms with Crippen molar-refractivity contribution >= 4 is 35.8 Å². The molecule has 0 bridgehead atoms. The van der Waals surface area contributed by atoms with Crippen LogP contribution in [0.4, 0.5) is 0 Å². The summed E-state index contributed by atoms with van der Waals surface area (Å²) in [4.78, 5) is 22.9. The van der Waals surface area contributed by atoms with E-state index < -0.39 is 11.9 Å². The largest absolute Gasteiger partial charge is 0.506 e. The van der Waals surface area contributed by atoms with Crippen molar-refractivity contribution in [2.75, 3.05) is 14.2 Å². The Balaban J connectivity index is 2.24. The van der Waals surface area contributed by atoms with E-state index in [1.165, 1.54) is 44.7 Å². The number of phenolic OH excluding ortho intramolecular Hbond substituents is 1. The number of ether oxygens (including phenoxy) is 2. The molecule has 0 saturated carbocycles. The third-order valence-corrected chi connectivity index (χ3v) is 3.83. The SMILES string of the molecule is COc1cc(/C=N/NC(=O)c2ccc(O)c(Cl)c2)cc(/C=C/C(=O)O)c1OC. The van der Waals surface area contributed by atoms with E-state index in [2.05, 4.69) is 10.5 Å². The van der Waals surface area contributed by atoms with Gasteiger partial charge in [0.1, 0.15) is 5.75 Å². The molecule has 0 fully saturated rings. The Morgan fingerprint density at radius 1 is 1.18 bits per heavy atom. The summed E-state index contributed by atoms with van der Waals surface area (Å²) in [5.74, 6) is -1.04. The first-order valence-corrected chi connectivity index (χ1v) is 8.22. The van der Waals surface area contributed by atoms with Gasteiger partial charge in [0.25, 0.3) is 5.91 Å². The lowest BCUT2D eigenvalue weighted by Gasteiger charge is -2.11. The minimum Gasteiger partial charge on any atom is -0.506 e. The van der Waals surface area contributed by atoms with Crippen LogP contribution in [-0.2, 0) is 4.79 Å². The van der Waals surface area contributed by atoms with Gasteiger partial charge in [-0.2, -0.15) is 5.10 Å². The molecule has 0 radical (unpaired) electrons. The zero-order valence-electron chi connectivity index (χ0n) is 15.0. The molecule has 0 aromatic heterocycles. The smallest absolute Gasteiger partial charge is 0.328 e. The number of aromatic hydroxyl groups is 1. The van der Waals surface area contributed by atoms with Crippen LogP contribution in [0.2, 0.25) is 5.02 Å². The number of methoxy groups -OCH3 is 2. The predicted octanol–water partition coefficient (Wildman–Crippen LogP) is 2.92. The Morgan fingerprint density at radius 2 is 1.93 bits per heavy atom. The summed E-state index contributed by atoms with van der Waals surface area (Å²) in [5.41, 5.74) is 3.55. The number of phenols is 1. The molecule has 28 heavy (non-hydrogen) atoms. The number of carbonyl (C=O) groups excluding carboxylic acids is 1. The number of benzene rings is 2. The zero-order chi connectivity index (χ0) is 20.7. The van der Waals surface area contributed by atoms with E-state index >= 15 is 0 Å². The molecule has 0 aliphatic carbocycles. The summed E-state index contributed by atoms with van der Waals surface area (Å²) in [5, 5.41) is 22.1. The van der Waals surface area contributed by atoms with Crippen LogP contribution < -0.4 is 14.9 Å². The van der Waals surface area contributed by atoms with Gasteiger partial charge in [0.05, 0.1) is 25.5 Å². The molecule has 2 aromatic rings. The minimum atomic E-state index is -1.11. The molecule has 1 amide bonds. The Morgan fingerprint density at radius 3 is 2.54 bits per heavy atom. The van der Waals surface area contributed by atoms with Crippen LogP contribution in [0.25, 0.3) is 6.08 Å². The normalized spacial score (nSPS) is 11.0. The summed E-state index contributed by atoms with van der Waals surface area (Å²) in [6.07, 6.45) is 3.69. The van der Waals surface area contributed by atoms with Crippen molar-refractivity contribution in [3.63, 3.8) is 0 Å². The Labute approximate surface area is 165 Å². The fraction of sp³-hybridized carbons (Fsp3) is 0.105. The molecule has 0 saturated heterocycles. The first-order valence-electron chi connectivity index (χ1n) is 7.84. The number of aliphatic carboxylic acids is 1. The fourth-order valence-electron chi connectivity index (χ4n) is 2.25. The van der Waals surface area contributed by atoms with Gasteiger partial charge in [-0.05, 0) is 42.0 Å². The Kier molecular flexibility index (Phi) is 7.00. The molecule has 0 aliphatic heterocycles. The first-order chi connectivity index (χ1) is 13.3. The fourth-order valence-corrected chi connectivity index (χ4v) is 2.43. The van der Waals surface area contributed by atoms with E-state index in [1.54, 1.807) is 12.1 Å². The summed E-state index contributed by atoms with van der Waals surface area (Å²) in [6.45, 7) is 0. The topological polar surface area (TPSA) is 117 Å². The second-order valence-electron chi connectivity index (χ2n) is 5.38. The van der Waals surface area contributed by atoms with Crippen LogP contribution in [0.5, 0.6) is 17.2 Å². The van der Waals surface area contributed by atoms with Gasteiger partial charge in [0, 0.05) is 17.2 Å². The standard InChI is InChI=1S/C19H17ClN2O6/c1-27-16-8-11(7-12(18(16)28-2)4-6-17(24)25)10-21-22-19(26)13-3-5-15(23)14(20)9-13/h3-10,23H,1-2H3,(H,22,26)(H,24,25)/b6-4+,21-10+. The molecule has 0 spiro atoms. The van der Waals surface area contributed by atoms with Crippen LogP contribution >= 0.6 is 11.6 Å². The van der Waals surface area contributed by atoms with Crippen LogP contribution in [0.15, 0.2) is 41.5 Å². The first kappa shape index (κ1) is 20.8. The van der Waals surface area contributed by atoms with Crippen molar-refractivity contribution < 1.29 is 29.3 Å². The molecule has 146 valence electrons. The molecular weight excluding hydrogens is 388 g/mol. The molecule has 0 unspecified atom stereocenters. The lowest BCUT2D eigenvalue weighted by Crippen LogP contribution is -2.17. The lowest BCUT2D eigenvalue weighted by molar-refractivity contribution is -0.131. The molecule has 3 N–H and O–H groups in total. The van der Waals surface area contributed by atoms with Gasteiger partial charge >= 0.3 is 5.97 Å². The number of rotatable bonds is 7. The number of hydrazone groups is 1. The van der Waals surface area contributed by atoms with E-state index in [0.717, 1.165) is 6.08 Å². The minimum absolute atomic E-state index is 0.0476. The highest BCUT2D eigenvalue weighted by atomic mass is 35.5. The summed E-state index contributed by atoms with van der Waals surface area (Å²) >= 11 is 5.78. The van der Waals surface area contributed by atoms with E-state index in [1.807, 2.05) is 0 Å². The van der Waals surface area contributed by atoms with E-state index in [9.17, 15) is 14.7 Å². The summed E-state index contributed by atoms with van der Waals surface area (Å²) in [6, 6.07) is 7.25. The van der Waals surface area contributed by atoms with Crippen molar-refractivity contribution in [2.45, 2.75) is 0 Å². The van der Waals surface area contributed by atoms with Crippen LogP contribution in [-0.4, -0.2) is 42.5 Å². The van der Waals surface area contributed by atoms with E-state index in [4.69, 9.17) is 26.2 Å². The van der Waals surface area contributed by atoms with Crippen LogP contribution in [0.1, 0.15) is 21.5 Å². The second kappa shape index (κ2) is 9.43. The van der Waals surface area contributed by atoms with Crippen molar-refractivity contribution in [1.82, 2.24) is 5.43 Å². The number of nitrogens with one attached hydrogen (secondary N) is 1. The Hall–Kier alpha value is -3.52. The maximum Gasteiger partial charge on any atom is 0.328 e. The third kappa shape index (κ3) is 5.24. The summed E-state index contributed by atoms with van der Waals surface area (Å²) in [7, 11) is 2.88. The molecule has 2 aromatic carbocycles. The van der Waals surface area contributed by atoms with E-state index in [0.29, 0.717) is 22.6 Å². The number of halogens is 1. The van der Waals surface area contributed by atoms with Crippen molar-refractivity contribution in [3.05, 3.63) is 58.1 Å². The number of carboxylic acids is 1. The van der Waals surface area contributed by atoms with Gasteiger partial charge in [0.15, 0.2) is 11.5 Å².